The number of nitrogens with zero attached hydrogens (tertiary/aromatic N) is 2. The third-order valence-corrected chi connectivity index (χ3v) is 3.64. The standard InChI is InChI=1S/C14H20F3N3/c15-14(16,17)11-20(13-3-8-19-9-4-13)10-5-12-1-6-18-7-2-12/h1-2,6-7,13,19H,3-5,8-11H2. The lowest BCUT2D eigenvalue weighted by atomic mass is 10.0. The maximum absolute atomic E-state index is 12.7. The van der Waals surface area contributed by atoms with Gasteiger partial charge in [0.1, 0.15) is 0 Å². The minimum atomic E-state index is -4.14. The summed E-state index contributed by atoms with van der Waals surface area (Å²) in [5.74, 6) is 0. The molecular weight excluding hydrogens is 267 g/mol. The minimum Gasteiger partial charge on any atom is -0.317 e. The lowest BCUT2D eigenvalue weighted by molar-refractivity contribution is -0.151. The molecule has 1 aliphatic heterocycles. The van der Waals surface area contributed by atoms with Gasteiger partial charge in [-0.25, -0.2) is 0 Å². The molecule has 3 nitrogen and oxygen atoms in total. The highest BCUT2D eigenvalue weighted by Gasteiger charge is 2.34. The van der Waals surface area contributed by atoms with Crippen LogP contribution in [-0.2, 0) is 6.42 Å². The Kier molecular flexibility index (Phi) is 5.37. The second-order valence-electron chi connectivity index (χ2n) is 5.17. The molecule has 1 fully saturated rings. The van der Waals surface area contributed by atoms with E-state index in [1.807, 2.05) is 12.1 Å². The summed E-state index contributed by atoms with van der Waals surface area (Å²) in [5.41, 5.74) is 1.03. The Morgan fingerprint density at radius 3 is 2.45 bits per heavy atom. The molecule has 0 spiro atoms. The molecule has 6 heteroatoms. The zero-order valence-corrected chi connectivity index (χ0v) is 11.4. The third kappa shape index (κ3) is 5.09. The summed E-state index contributed by atoms with van der Waals surface area (Å²) in [6.45, 7) is 1.22. The van der Waals surface area contributed by atoms with E-state index in [0.29, 0.717) is 13.0 Å². The monoisotopic (exact) mass is 287 g/mol. The molecule has 0 unspecified atom stereocenters. The van der Waals surface area contributed by atoms with Crippen LogP contribution in [0.25, 0.3) is 0 Å². The lowest BCUT2D eigenvalue weighted by Gasteiger charge is -2.35. The Morgan fingerprint density at radius 2 is 1.85 bits per heavy atom. The summed E-state index contributed by atoms with van der Waals surface area (Å²) in [6.07, 6.45) is 1.41. The molecule has 0 radical (unpaired) electrons. The van der Waals surface area contributed by atoms with E-state index >= 15 is 0 Å². The maximum Gasteiger partial charge on any atom is 0.401 e. The van der Waals surface area contributed by atoms with Crippen LogP contribution < -0.4 is 5.32 Å². The number of piperidine rings is 1. The fourth-order valence-corrected chi connectivity index (χ4v) is 2.62. The summed E-state index contributed by atoms with van der Waals surface area (Å²) >= 11 is 0. The Labute approximate surface area is 117 Å². The second-order valence-corrected chi connectivity index (χ2v) is 5.17. The summed E-state index contributed by atoms with van der Waals surface area (Å²) in [7, 11) is 0. The fraction of sp³-hybridized carbons (Fsp3) is 0.643. The Balaban J connectivity index is 1.94. The van der Waals surface area contributed by atoms with Crippen molar-refractivity contribution >= 4 is 0 Å². The molecule has 1 aliphatic rings. The van der Waals surface area contributed by atoms with Gasteiger partial charge in [0.05, 0.1) is 6.54 Å². The molecule has 0 saturated carbocycles. The van der Waals surface area contributed by atoms with Crippen LogP contribution >= 0.6 is 0 Å². The molecule has 112 valence electrons. The maximum atomic E-state index is 12.7. The van der Waals surface area contributed by atoms with Gasteiger partial charge in [-0.15, -0.1) is 0 Å². The van der Waals surface area contributed by atoms with E-state index in [0.717, 1.165) is 31.5 Å². The quantitative estimate of drug-likeness (QED) is 0.900. The van der Waals surface area contributed by atoms with E-state index < -0.39 is 12.7 Å². The zero-order valence-electron chi connectivity index (χ0n) is 11.4. The topological polar surface area (TPSA) is 28.2 Å². The van der Waals surface area contributed by atoms with Gasteiger partial charge < -0.3 is 5.32 Å². The van der Waals surface area contributed by atoms with Crippen LogP contribution in [0.5, 0.6) is 0 Å². The number of alkyl halides is 3. The van der Waals surface area contributed by atoms with Crippen molar-refractivity contribution in [2.75, 3.05) is 26.2 Å². The van der Waals surface area contributed by atoms with Crippen LogP contribution in [0.2, 0.25) is 0 Å². The van der Waals surface area contributed by atoms with E-state index in [-0.39, 0.29) is 6.04 Å². The number of pyridine rings is 1. The van der Waals surface area contributed by atoms with Crippen molar-refractivity contribution in [3.63, 3.8) is 0 Å². The van der Waals surface area contributed by atoms with Gasteiger partial charge in [-0.2, -0.15) is 13.2 Å². The summed E-state index contributed by atoms with van der Waals surface area (Å²) in [4.78, 5) is 5.50. The number of halogens is 3. The van der Waals surface area contributed by atoms with Gasteiger partial charge >= 0.3 is 6.18 Å². The Hall–Kier alpha value is -1.14. The molecule has 1 aromatic rings. The number of hydrogen-bond acceptors (Lipinski definition) is 3. The molecule has 20 heavy (non-hydrogen) atoms. The number of nitrogens with one attached hydrogen (secondary N) is 1. The van der Waals surface area contributed by atoms with Crippen LogP contribution in [0.4, 0.5) is 13.2 Å². The first kappa shape index (κ1) is 15.3. The van der Waals surface area contributed by atoms with Gasteiger partial charge in [0, 0.05) is 25.0 Å². The van der Waals surface area contributed by atoms with Crippen LogP contribution in [0, 0.1) is 0 Å². The van der Waals surface area contributed by atoms with Crippen molar-refractivity contribution in [2.45, 2.75) is 31.5 Å². The van der Waals surface area contributed by atoms with Gasteiger partial charge in [0.15, 0.2) is 0 Å². The highest BCUT2D eigenvalue weighted by Crippen LogP contribution is 2.21. The van der Waals surface area contributed by atoms with Crippen LogP contribution in [0.15, 0.2) is 24.5 Å². The molecule has 1 aromatic heterocycles. The molecule has 1 saturated heterocycles. The third-order valence-electron chi connectivity index (χ3n) is 3.64. The van der Waals surface area contributed by atoms with E-state index in [1.54, 1.807) is 17.3 Å². The summed E-state index contributed by atoms with van der Waals surface area (Å²) < 4.78 is 38.2. The average molecular weight is 287 g/mol. The fourth-order valence-electron chi connectivity index (χ4n) is 2.62. The first-order chi connectivity index (χ1) is 9.54. The van der Waals surface area contributed by atoms with E-state index in [1.165, 1.54) is 0 Å². The largest absolute Gasteiger partial charge is 0.401 e. The van der Waals surface area contributed by atoms with Gasteiger partial charge in [0.2, 0.25) is 0 Å². The van der Waals surface area contributed by atoms with E-state index in [4.69, 9.17) is 0 Å². The predicted molar refractivity (Wildman–Crippen MR) is 71.5 cm³/mol. The van der Waals surface area contributed by atoms with Gasteiger partial charge in [0.25, 0.3) is 0 Å². The van der Waals surface area contributed by atoms with Crippen LogP contribution in [0.3, 0.4) is 0 Å². The zero-order chi connectivity index (χ0) is 14.4. The summed E-state index contributed by atoms with van der Waals surface area (Å²) in [5, 5.41) is 3.19. The highest BCUT2D eigenvalue weighted by molar-refractivity contribution is 5.10. The number of hydrogen-bond donors (Lipinski definition) is 1. The molecule has 2 rings (SSSR count). The lowest BCUT2D eigenvalue weighted by Crippen LogP contribution is -2.47. The molecule has 0 bridgehead atoms. The van der Waals surface area contributed by atoms with E-state index in [9.17, 15) is 13.2 Å². The first-order valence-electron chi connectivity index (χ1n) is 6.95. The molecule has 0 atom stereocenters. The SMILES string of the molecule is FC(F)(F)CN(CCc1ccncc1)C1CCNCC1. The smallest absolute Gasteiger partial charge is 0.317 e. The van der Waals surface area contributed by atoms with Crippen molar-refractivity contribution in [3.05, 3.63) is 30.1 Å². The normalized spacial score (nSPS) is 17.6. The Bertz CT molecular complexity index is 388. The predicted octanol–water partition coefficient (Wildman–Crippen LogP) is 2.24. The molecular formula is C14H20F3N3. The average Bonchev–Trinajstić information content (AvgIpc) is 2.44. The van der Waals surface area contributed by atoms with Crippen molar-refractivity contribution in [1.82, 2.24) is 15.2 Å². The highest BCUT2D eigenvalue weighted by atomic mass is 19.4. The Morgan fingerprint density at radius 1 is 1.20 bits per heavy atom. The molecule has 0 aliphatic carbocycles. The van der Waals surface area contributed by atoms with Crippen molar-refractivity contribution in [1.29, 1.82) is 0 Å². The molecule has 0 aromatic carbocycles. The first-order valence-corrected chi connectivity index (χ1v) is 6.95. The van der Waals surface area contributed by atoms with Crippen molar-refractivity contribution in [2.24, 2.45) is 0 Å². The molecule has 2 heterocycles. The van der Waals surface area contributed by atoms with E-state index in [2.05, 4.69) is 10.3 Å². The number of rotatable bonds is 5. The summed E-state index contributed by atoms with van der Waals surface area (Å²) in [6, 6.07) is 3.74. The second kappa shape index (κ2) is 7.04. The molecule has 0 amide bonds. The van der Waals surface area contributed by atoms with Gasteiger partial charge in [-0.1, -0.05) is 0 Å². The van der Waals surface area contributed by atoms with Crippen LogP contribution in [-0.4, -0.2) is 48.3 Å². The van der Waals surface area contributed by atoms with Crippen molar-refractivity contribution in [3.8, 4) is 0 Å². The number of aromatic nitrogens is 1. The van der Waals surface area contributed by atoms with Crippen LogP contribution in [0.1, 0.15) is 18.4 Å². The van der Waals surface area contributed by atoms with Crippen molar-refractivity contribution < 1.29 is 13.2 Å². The van der Waals surface area contributed by atoms with Gasteiger partial charge in [-0.3, -0.25) is 9.88 Å². The minimum absolute atomic E-state index is 0.0275. The molecule has 1 N–H and O–H groups in total. The van der Waals surface area contributed by atoms with Gasteiger partial charge in [-0.05, 0) is 50.0 Å².